The van der Waals surface area contributed by atoms with Gasteiger partial charge in [0.2, 0.25) is 0 Å². The highest BCUT2D eigenvalue weighted by molar-refractivity contribution is 5.22. The fraction of sp³-hybridized carbons (Fsp3) is 0.467. The summed E-state index contributed by atoms with van der Waals surface area (Å²) in [4.78, 5) is 0. The minimum Gasteiger partial charge on any atom is -0.472 e. The van der Waals surface area contributed by atoms with E-state index in [1.54, 1.807) is 6.26 Å². The first-order valence-electron chi connectivity index (χ1n) is 6.07. The van der Waals surface area contributed by atoms with E-state index in [1.807, 2.05) is 18.6 Å². The zero-order valence-electron chi connectivity index (χ0n) is 11.0. The summed E-state index contributed by atoms with van der Waals surface area (Å²) in [6.07, 6.45) is 6.40. The number of hydrogen-bond acceptors (Lipinski definition) is 2. The maximum Gasteiger partial charge on any atom is 0.109 e. The molecule has 0 aliphatic carbocycles. The van der Waals surface area contributed by atoms with Gasteiger partial charge in [-0.05, 0) is 35.6 Å². The van der Waals surface area contributed by atoms with E-state index in [4.69, 9.17) is 8.83 Å². The van der Waals surface area contributed by atoms with E-state index in [9.17, 15) is 0 Å². The van der Waals surface area contributed by atoms with Crippen LogP contribution in [0.1, 0.15) is 50.5 Å². The van der Waals surface area contributed by atoms with Crippen molar-refractivity contribution in [2.45, 2.75) is 45.4 Å². The molecule has 2 rings (SSSR count). The molecule has 2 aromatic rings. The van der Waals surface area contributed by atoms with Crippen LogP contribution in [-0.4, -0.2) is 0 Å². The molecule has 0 aliphatic rings. The molecule has 1 unspecified atom stereocenters. The van der Waals surface area contributed by atoms with Crippen molar-refractivity contribution in [2.75, 3.05) is 0 Å². The summed E-state index contributed by atoms with van der Waals surface area (Å²) >= 11 is 0. The molecular formula is C15H20O2. The SMILES string of the molecule is CC(Cc1coc(C(C)(C)C)c1)c1ccoc1. The Balaban J connectivity index is 2.07. The topological polar surface area (TPSA) is 26.3 Å². The van der Waals surface area contributed by atoms with Gasteiger partial charge in [-0.1, -0.05) is 27.7 Å². The lowest BCUT2D eigenvalue weighted by Gasteiger charge is -2.13. The summed E-state index contributed by atoms with van der Waals surface area (Å²) in [5, 5.41) is 0. The largest absolute Gasteiger partial charge is 0.472 e. The van der Waals surface area contributed by atoms with Gasteiger partial charge >= 0.3 is 0 Å². The molecular weight excluding hydrogens is 212 g/mol. The minimum absolute atomic E-state index is 0.0805. The number of rotatable bonds is 3. The predicted octanol–water partition coefficient (Wildman–Crippen LogP) is 4.52. The van der Waals surface area contributed by atoms with Crippen molar-refractivity contribution in [3.8, 4) is 0 Å². The lowest BCUT2D eigenvalue weighted by atomic mass is 9.91. The molecule has 0 saturated heterocycles. The number of furan rings is 2. The molecule has 2 heteroatoms. The van der Waals surface area contributed by atoms with Crippen LogP contribution in [0.5, 0.6) is 0 Å². The van der Waals surface area contributed by atoms with Gasteiger partial charge in [-0.15, -0.1) is 0 Å². The van der Waals surface area contributed by atoms with Crippen LogP contribution in [0.25, 0.3) is 0 Å². The molecule has 0 saturated carbocycles. The van der Waals surface area contributed by atoms with E-state index in [1.165, 1.54) is 11.1 Å². The van der Waals surface area contributed by atoms with Crippen LogP contribution in [0.3, 0.4) is 0 Å². The third-order valence-corrected chi connectivity index (χ3v) is 3.05. The molecule has 17 heavy (non-hydrogen) atoms. The Kier molecular flexibility index (Phi) is 3.14. The molecule has 2 nitrogen and oxygen atoms in total. The van der Waals surface area contributed by atoms with Gasteiger partial charge in [-0.2, -0.15) is 0 Å². The van der Waals surface area contributed by atoms with Crippen LogP contribution in [0.4, 0.5) is 0 Å². The molecule has 0 fully saturated rings. The highest BCUT2D eigenvalue weighted by Crippen LogP contribution is 2.27. The van der Waals surface area contributed by atoms with Crippen LogP contribution in [0.2, 0.25) is 0 Å². The van der Waals surface area contributed by atoms with Crippen molar-refractivity contribution in [1.29, 1.82) is 0 Å². The Bertz CT molecular complexity index is 457. The van der Waals surface area contributed by atoms with E-state index in [0.29, 0.717) is 5.92 Å². The van der Waals surface area contributed by atoms with Crippen molar-refractivity contribution in [3.05, 3.63) is 47.8 Å². The molecule has 0 radical (unpaired) electrons. The van der Waals surface area contributed by atoms with Gasteiger partial charge in [-0.25, -0.2) is 0 Å². The smallest absolute Gasteiger partial charge is 0.109 e. The third-order valence-electron chi connectivity index (χ3n) is 3.05. The fourth-order valence-corrected chi connectivity index (χ4v) is 1.90. The van der Waals surface area contributed by atoms with E-state index in [2.05, 4.69) is 33.8 Å². The molecule has 0 aromatic carbocycles. The van der Waals surface area contributed by atoms with Crippen molar-refractivity contribution >= 4 is 0 Å². The second kappa shape index (κ2) is 4.44. The lowest BCUT2D eigenvalue weighted by Crippen LogP contribution is -2.09. The summed E-state index contributed by atoms with van der Waals surface area (Å²) in [6, 6.07) is 4.19. The van der Waals surface area contributed by atoms with Gasteiger partial charge in [-0.3, -0.25) is 0 Å². The maximum absolute atomic E-state index is 5.62. The summed E-state index contributed by atoms with van der Waals surface area (Å²) in [6.45, 7) is 8.69. The predicted molar refractivity (Wildman–Crippen MR) is 68.2 cm³/mol. The second-order valence-corrected chi connectivity index (χ2v) is 5.73. The molecule has 1 atom stereocenters. The van der Waals surface area contributed by atoms with E-state index < -0.39 is 0 Å². The fourth-order valence-electron chi connectivity index (χ4n) is 1.90. The maximum atomic E-state index is 5.62. The van der Waals surface area contributed by atoms with Crippen LogP contribution in [0, 0.1) is 0 Å². The molecule has 2 aromatic heterocycles. The Morgan fingerprint density at radius 3 is 2.53 bits per heavy atom. The van der Waals surface area contributed by atoms with Gasteiger partial charge in [0.05, 0.1) is 18.8 Å². The summed E-state index contributed by atoms with van der Waals surface area (Å²) in [5.41, 5.74) is 2.57. The summed E-state index contributed by atoms with van der Waals surface area (Å²) < 4.78 is 10.7. The number of hydrogen-bond donors (Lipinski definition) is 0. The zero-order valence-corrected chi connectivity index (χ0v) is 11.0. The average molecular weight is 232 g/mol. The molecule has 0 spiro atoms. The van der Waals surface area contributed by atoms with Crippen molar-refractivity contribution in [3.63, 3.8) is 0 Å². The van der Waals surface area contributed by atoms with Crippen molar-refractivity contribution in [1.82, 2.24) is 0 Å². The molecule has 0 aliphatic heterocycles. The van der Waals surface area contributed by atoms with Crippen molar-refractivity contribution in [2.24, 2.45) is 0 Å². The van der Waals surface area contributed by atoms with Crippen LogP contribution < -0.4 is 0 Å². The van der Waals surface area contributed by atoms with Gasteiger partial charge in [0.25, 0.3) is 0 Å². The first-order chi connectivity index (χ1) is 7.97. The van der Waals surface area contributed by atoms with Gasteiger partial charge in [0.15, 0.2) is 0 Å². The molecule has 92 valence electrons. The van der Waals surface area contributed by atoms with Crippen LogP contribution >= 0.6 is 0 Å². The zero-order chi connectivity index (χ0) is 12.5. The molecule has 0 N–H and O–H groups in total. The normalized spacial score (nSPS) is 13.9. The first-order valence-corrected chi connectivity index (χ1v) is 6.07. The Hall–Kier alpha value is -1.44. The van der Waals surface area contributed by atoms with Crippen LogP contribution in [-0.2, 0) is 11.8 Å². The Morgan fingerprint density at radius 1 is 1.24 bits per heavy atom. The molecule has 0 bridgehead atoms. The monoisotopic (exact) mass is 232 g/mol. The minimum atomic E-state index is 0.0805. The van der Waals surface area contributed by atoms with Crippen molar-refractivity contribution < 1.29 is 8.83 Å². The van der Waals surface area contributed by atoms with Gasteiger partial charge in [0.1, 0.15) is 5.76 Å². The Labute approximate surface area is 103 Å². The average Bonchev–Trinajstić information content (AvgIpc) is 2.85. The molecule has 2 heterocycles. The Morgan fingerprint density at radius 2 is 2.00 bits per heavy atom. The second-order valence-electron chi connectivity index (χ2n) is 5.73. The quantitative estimate of drug-likeness (QED) is 0.778. The third kappa shape index (κ3) is 2.82. The molecule has 0 amide bonds. The van der Waals surface area contributed by atoms with E-state index >= 15 is 0 Å². The standard InChI is InChI=1S/C15H20O2/c1-11(13-5-6-16-10-13)7-12-8-14(17-9-12)15(2,3)4/h5-6,8-11H,7H2,1-4H3. The van der Waals surface area contributed by atoms with Gasteiger partial charge in [0, 0.05) is 5.41 Å². The van der Waals surface area contributed by atoms with E-state index in [0.717, 1.165) is 12.2 Å². The van der Waals surface area contributed by atoms with Crippen LogP contribution in [0.15, 0.2) is 39.8 Å². The lowest BCUT2D eigenvalue weighted by molar-refractivity contribution is 0.409. The highest BCUT2D eigenvalue weighted by atomic mass is 16.3. The first kappa shape index (κ1) is 12.0. The summed E-state index contributed by atoms with van der Waals surface area (Å²) in [7, 11) is 0. The van der Waals surface area contributed by atoms with Gasteiger partial charge < -0.3 is 8.83 Å². The highest BCUT2D eigenvalue weighted by Gasteiger charge is 2.19. The van der Waals surface area contributed by atoms with E-state index in [-0.39, 0.29) is 5.41 Å². The summed E-state index contributed by atoms with van der Waals surface area (Å²) in [5.74, 6) is 1.51.